The van der Waals surface area contributed by atoms with Crippen LogP contribution in [-0.2, 0) is 4.79 Å². The molecule has 19 heavy (non-hydrogen) atoms. The minimum absolute atomic E-state index is 0.00104. The molecule has 1 aliphatic heterocycles. The number of likely N-dealkylation sites (N-methyl/N-ethyl adjacent to an activating group) is 1. The van der Waals surface area contributed by atoms with Crippen molar-refractivity contribution >= 4 is 34.8 Å². The molecule has 0 spiro atoms. The van der Waals surface area contributed by atoms with Gasteiger partial charge in [0, 0.05) is 23.2 Å². The monoisotopic (exact) mass is 269 g/mol. The molecule has 2 aromatic carbocycles. The number of amides is 1. The van der Waals surface area contributed by atoms with Crippen LogP contribution in [0.1, 0.15) is 11.1 Å². The first-order chi connectivity index (χ1) is 9.18. The first-order valence-corrected chi connectivity index (χ1v) is 6.40. The molecule has 1 aliphatic rings. The average molecular weight is 270 g/mol. The molecule has 2 nitrogen and oxygen atoms in total. The number of rotatable bonds is 1. The van der Waals surface area contributed by atoms with Crippen molar-refractivity contribution < 1.29 is 4.79 Å². The number of carbonyl (C=O) groups is 1. The quantitative estimate of drug-likeness (QED) is 0.720. The topological polar surface area (TPSA) is 20.3 Å². The summed E-state index contributed by atoms with van der Waals surface area (Å²) in [5.41, 5.74) is 3.43. The molecule has 1 heterocycles. The van der Waals surface area contributed by atoms with E-state index in [0.717, 1.165) is 16.8 Å². The smallest absolute Gasteiger partial charge is 0.258 e. The molecule has 0 saturated heterocycles. The van der Waals surface area contributed by atoms with Crippen molar-refractivity contribution in [2.75, 3.05) is 11.9 Å². The van der Waals surface area contributed by atoms with Gasteiger partial charge in [0.25, 0.3) is 5.91 Å². The summed E-state index contributed by atoms with van der Waals surface area (Å²) >= 11 is 6.14. The standard InChI is InChI=1S/C16H12ClNO/c1-18-15-9-5-3-7-12(15)13(16(18)19)10-11-6-2-4-8-14(11)17/h2-10H,1H3. The third kappa shape index (κ3) is 1.94. The van der Waals surface area contributed by atoms with Gasteiger partial charge >= 0.3 is 0 Å². The molecule has 0 aromatic heterocycles. The summed E-state index contributed by atoms with van der Waals surface area (Å²) in [4.78, 5) is 14.0. The van der Waals surface area contributed by atoms with Crippen LogP contribution < -0.4 is 4.90 Å². The van der Waals surface area contributed by atoms with E-state index in [1.807, 2.05) is 54.6 Å². The highest BCUT2D eigenvalue weighted by atomic mass is 35.5. The molecule has 94 valence electrons. The van der Waals surface area contributed by atoms with E-state index in [0.29, 0.717) is 10.6 Å². The van der Waals surface area contributed by atoms with Crippen LogP contribution >= 0.6 is 11.6 Å². The Labute approximate surface area is 116 Å². The van der Waals surface area contributed by atoms with Gasteiger partial charge in [-0.25, -0.2) is 0 Å². The Kier molecular flexibility index (Phi) is 2.88. The molecule has 0 fully saturated rings. The lowest BCUT2D eigenvalue weighted by molar-refractivity contribution is -0.112. The Morgan fingerprint density at radius 3 is 2.53 bits per heavy atom. The predicted molar refractivity (Wildman–Crippen MR) is 79.2 cm³/mol. The van der Waals surface area contributed by atoms with Crippen molar-refractivity contribution in [3.8, 4) is 0 Å². The lowest BCUT2D eigenvalue weighted by Crippen LogP contribution is -2.20. The summed E-state index contributed by atoms with van der Waals surface area (Å²) in [6.07, 6.45) is 1.85. The van der Waals surface area contributed by atoms with Gasteiger partial charge in [0.1, 0.15) is 0 Å². The Balaban J connectivity index is 2.16. The molecule has 1 amide bonds. The maximum Gasteiger partial charge on any atom is 0.258 e. The molecule has 0 saturated carbocycles. The normalized spacial score (nSPS) is 16.0. The predicted octanol–water partition coefficient (Wildman–Crippen LogP) is 3.86. The highest BCUT2D eigenvalue weighted by molar-refractivity contribution is 6.37. The van der Waals surface area contributed by atoms with E-state index < -0.39 is 0 Å². The molecule has 3 heteroatoms. The molecule has 3 rings (SSSR count). The van der Waals surface area contributed by atoms with Crippen LogP contribution in [0.25, 0.3) is 11.6 Å². The van der Waals surface area contributed by atoms with Crippen molar-refractivity contribution in [3.63, 3.8) is 0 Å². The number of nitrogens with zero attached hydrogens (tertiary/aromatic N) is 1. The molecule has 0 radical (unpaired) electrons. The van der Waals surface area contributed by atoms with Gasteiger partial charge in [-0.2, -0.15) is 0 Å². The largest absolute Gasteiger partial charge is 0.311 e. The number of hydrogen-bond donors (Lipinski definition) is 0. The van der Waals surface area contributed by atoms with Crippen LogP contribution in [0.5, 0.6) is 0 Å². The molecular formula is C16H12ClNO. The summed E-state index contributed by atoms with van der Waals surface area (Å²) in [6.45, 7) is 0. The number of fused-ring (bicyclic) bond motifs is 1. The molecule has 0 aliphatic carbocycles. The fourth-order valence-corrected chi connectivity index (χ4v) is 2.48. The minimum atomic E-state index is 0.00104. The Morgan fingerprint density at radius 2 is 1.74 bits per heavy atom. The molecule has 0 N–H and O–H groups in total. The zero-order valence-corrected chi connectivity index (χ0v) is 11.2. The lowest BCUT2D eigenvalue weighted by atomic mass is 10.0. The first-order valence-electron chi connectivity index (χ1n) is 6.02. The van der Waals surface area contributed by atoms with Gasteiger partial charge in [-0.15, -0.1) is 0 Å². The second-order valence-electron chi connectivity index (χ2n) is 4.46. The van der Waals surface area contributed by atoms with E-state index in [9.17, 15) is 4.79 Å². The van der Waals surface area contributed by atoms with Crippen LogP contribution in [0.4, 0.5) is 5.69 Å². The number of benzene rings is 2. The zero-order valence-electron chi connectivity index (χ0n) is 10.4. The maximum atomic E-state index is 12.3. The summed E-state index contributed by atoms with van der Waals surface area (Å²) in [5, 5.41) is 0.648. The second kappa shape index (κ2) is 4.56. The van der Waals surface area contributed by atoms with Crippen LogP contribution in [0, 0.1) is 0 Å². The lowest BCUT2D eigenvalue weighted by Gasteiger charge is -2.08. The van der Waals surface area contributed by atoms with Crippen molar-refractivity contribution in [2.24, 2.45) is 0 Å². The van der Waals surface area contributed by atoms with Gasteiger partial charge in [0.05, 0.1) is 5.69 Å². The van der Waals surface area contributed by atoms with Crippen molar-refractivity contribution in [3.05, 3.63) is 64.7 Å². The average Bonchev–Trinajstić information content (AvgIpc) is 2.67. The Morgan fingerprint density at radius 1 is 1.05 bits per heavy atom. The third-order valence-electron chi connectivity index (χ3n) is 3.30. The Hall–Kier alpha value is -2.06. The van der Waals surface area contributed by atoms with Crippen LogP contribution in [-0.4, -0.2) is 13.0 Å². The number of para-hydroxylation sites is 1. The number of halogens is 1. The molecular weight excluding hydrogens is 258 g/mol. The molecule has 0 atom stereocenters. The van der Waals surface area contributed by atoms with E-state index in [4.69, 9.17) is 11.6 Å². The van der Waals surface area contributed by atoms with Gasteiger partial charge in [0.15, 0.2) is 0 Å². The maximum absolute atomic E-state index is 12.3. The molecule has 2 aromatic rings. The van der Waals surface area contributed by atoms with E-state index in [1.54, 1.807) is 11.9 Å². The minimum Gasteiger partial charge on any atom is -0.311 e. The number of carbonyl (C=O) groups excluding carboxylic acids is 1. The first kappa shape index (κ1) is 12.0. The molecule has 0 bridgehead atoms. The van der Waals surface area contributed by atoms with Crippen molar-refractivity contribution in [1.82, 2.24) is 0 Å². The zero-order chi connectivity index (χ0) is 13.4. The number of anilines is 1. The van der Waals surface area contributed by atoms with Gasteiger partial charge in [-0.05, 0) is 23.8 Å². The van der Waals surface area contributed by atoms with Gasteiger partial charge in [0.2, 0.25) is 0 Å². The Bertz CT molecular complexity index is 691. The van der Waals surface area contributed by atoms with Gasteiger partial charge < -0.3 is 4.90 Å². The van der Waals surface area contributed by atoms with Crippen LogP contribution in [0.3, 0.4) is 0 Å². The molecule has 0 unspecified atom stereocenters. The highest BCUT2D eigenvalue weighted by Crippen LogP contribution is 2.37. The van der Waals surface area contributed by atoms with Gasteiger partial charge in [-0.1, -0.05) is 48.0 Å². The number of hydrogen-bond acceptors (Lipinski definition) is 1. The van der Waals surface area contributed by atoms with Gasteiger partial charge in [-0.3, -0.25) is 4.79 Å². The van der Waals surface area contributed by atoms with E-state index in [1.165, 1.54) is 0 Å². The summed E-state index contributed by atoms with van der Waals surface area (Å²) in [5.74, 6) is 0.00104. The van der Waals surface area contributed by atoms with E-state index in [-0.39, 0.29) is 5.91 Å². The van der Waals surface area contributed by atoms with Crippen LogP contribution in [0.15, 0.2) is 48.5 Å². The van der Waals surface area contributed by atoms with E-state index >= 15 is 0 Å². The highest BCUT2D eigenvalue weighted by Gasteiger charge is 2.29. The van der Waals surface area contributed by atoms with Crippen molar-refractivity contribution in [2.45, 2.75) is 0 Å². The second-order valence-corrected chi connectivity index (χ2v) is 4.87. The third-order valence-corrected chi connectivity index (χ3v) is 3.64. The summed E-state index contributed by atoms with van der Waals surface area (Å²) in [6, 6.07) is 15.3. The summed E-state index contributed by atoms with van der Waals surface area (Å²) in [7, 11) is 1.79. The van der Waals surface area contributed by atoms with Crippen LogP contribution in [0.2, 0.25) is 5.02 Å². The fraction of sp³-hybridized carbons (Fsp3) is 0.0625. The fourth-order valence-electron chi connectivity index (χ4n) is 2.29. The summed E-state index contributed by atoms with van der Waals surface area (Å²) < 4.78 is 0. The SMILES string of the molecule is CN1C(=O)C(=Cc2ccccc2Cl)c2ccccc21. The van der Waals surface area contributed by atoms with E-state index in [2.05, 4.69) is 0 Å². The van der Waals surface area contributed by atoms with Crippen molar-refractivity contribution in [1.29, 1.82) is 0 Å².